The highest BCUT2D eigenvalue weighted by Gasteiger charge is 2.16. The molecule has 0 saturated heterocycles. The summed E-state index contributed by atoms with van der Waals surface area (Å²) in [6.45, 7) is 1.96. The SMILES string of the molecule is Cc1cc(C(=O)c2ccc3c(c2)n(C)c(=O)n3C)sc1Br. The molecule has 0 amide bonds. The Labute approximate surface area is 133 Å². The van der Waals surface area contributed by atoms with E-state index in [1.54, 1.807) is 35.4 Å². The fourth-order valence-electron chi connectivity index (χ4n) is 2.36. The minimum Gasteiger partial charge on any atom is -0.295 e. The van der Waals surface area contributed by atoms with Crippen molar-refractivity contribution in [1.29, 1.82) is 0 Å². The summed E-state index contributed by atoms with van der Waals surface area (Å²) in [4.78, 5) is 25.2. The van der Waals surface area contributed by atoms with Crippen LogP contribution in [0.2, 0.25) is 0 Å². The number of hydrogen-bond donors (Lipinski definition) is 0. The number of imidazole rings is 1. The normalized spacial score (nSPS) is 11.2. The smallest absolute Gasteiger partial charge is 0.295 e. The molecule has 6 heteroatoms. The van der Waals surface area contributed by atoms with Crippen LogP contribution in [-0.4, -0.2) is 14.9 Å². The Morgan fingerprint density at radius 3 is 2.43 bits per heavy atom. The van der Waals surface area contributed by atoms with Crippen molar-refractivity contribution < 1.29 is 4.79 Å². The van der Waals surface area contributed by atoms with Gasteiger partial charge in [0, 0.05) is 19.7 Å². The fourth-order valence-corrected chi connectivity index (χ4v) is 3.86. The molecule has 0 saturated carbocycles. The van der Waals surface area contributed by atoms with Crippen molar-refractivity contribution in [3.05, 3.63) is 54.5 Å². The maximum Gasteiger partial charge on any atom is 0.328 e. The first-order valence-electron chi connectivity index (χ1n) is 6.36. The molecule has 0 atom stereocenters. The van der Waals surface area contributed by atoms with Gasteiger partial charge in [0.05, 0.1) is 19.7 Å². The maximum absolute atomic E-state index is 12.6. The molecule has 1 aromatic carbocycles. The van der Waals surface area contributed by atoms with Crippen molar-refractivity contribution in [3.8, 4) is 0 Å². The van der Waals surface area contributed by atoms with Gasteiger partial charge in [-0.1, -0.05) is 0 Å². The van der Waals surface area contributed by atoms with Crippen LogP contribution in [0.5, 0.6) is 0 Å². The molecule has 21 heavy (non-hydrogen) atoms. The maximum atomic E-state index is 12.6. The first kappa shape index (κ1) is 14.3. The first-order chi connectivity index (χ1) is 9.90. The number of ketones is 1. The number of hydrogen-bond acceptors (Lipinski definition) is 3. The predicted molar refractivity (Wildman–Crippen MR) is 88.3 cm³/mol. The van der Waals surface area contributed by atoms with Crippen molar-refractivity contribution in [2.45, 2.75) is 6.92 Å². The van der Waals surface area contributed by atoms with E-state index in [9.17, 15) is 9.59 Å². The number of fused-ring (bicyclic) bond motifs is 1. The molecule has 3 rings (SSSR count). The lowest BCUT2D eigenvalue weighted by Crippen LogP contribution is -2.19. The Balaban J connectivity index is 2.15. The van der Waals surface area contributed by atoms with Crippen molar-refractivity contribution in [2.24, 2.45) is 14.1 Å². The summed E-state index contributed by atoms with van der Waals surface area (Å²) in [5, 5.41) is 0. The summed E-state index contributed by atoms with van der Waals surface area (Å²) in [6, 6.07) is 7.25. The van der Waals surface area contributed by atoms with Gasteiger partial charge in [-0.05, 0) is 52.7 Å². The van der Waals surface area contributed by atoms with Crippen molar-refractivity contribution in [3.63, 3.8) is 0 Å². The monoisotopic (exact) mass is 364 g/mol. The van der Waals surface area contributed by atoms with E-state index in [-0.39, 0.29) is 11.5 Å². The predicted octanol–water partition coefficient (Wildman–Crippen LogP) is 3.24. The van der Waals surface area contributed by atoms with Crippen molar-refractivity contribution >= 4 is 44.1 Å². The number of halogens is 1. The van der Waals surface area contributed by atoms with E-state index >= 15 is 0 Å². The van der Waals surface area contributed by atoms with Crippen LogP contribution in [0.25, 0.3) is 11.0 Å². The van der Waals surface area contributed by atoms with Crippen molar-refractivity contribution in [2.75, 3.05) is 0 Å². The van der Waals surface area contributed by atoms with Crippen LogP contribution in [0.4, 0.5) is 0 Å². The van der Waals surface area contributed by atoms with Crippen LogP contribution < -0.4 is 5.69 Å². The second-order valence-electron chi connectivity index (χ2n) is 5.00. The zero-order chi connectivity index (χ0) is 15.3. The van der Waals surface area contributed by atoms with E-state index in [0.29, 0.717) is 10.4 Å². The van der Waals surface area contributed by atoms with Gasteiger partial charge in [0.2, 0.25) is 5.78 Å². The Kier molecular flexibility index (Phi) is 3.37. The number of aryl methyl sites for hydroxylation is 3. The Hall–Kier alpha value is -1.66. The zero-order valence-electron chi connectivity index (χ0n) is 11.8. The lowest BCUT2D eigenvalue weighted by Gasteiger charge is -2.00. The number of rotatable bonds is 2. The van der Waals surface area contributed by atoms with Gasteiger partial charge in [-0.2, -0.15) is 0 Å². The number of nitrogens with zero attached hydrogens (tertiary/aromatic N) is 2. The van der Waals surface area contributed by atoms with Gasteiger partial charge >= 0.3 is 5.69 Å². The van der Waals surface area contributed by atoms with Crippen LogP contribution in [0.15, 0.2) is 32.8 Å². The Morgan fingerprint density at radius 2 is 1.81 bits per heavy atom. The number of benzene rings is 1. The first-order valence-corrected chi connectivity index (χ1v) is 7.97. The summed E-state index contributed by atoms with van der Waals surface area (Å²) in [7, 11) is 3.44. The molecule has 2 aromatic heterocycles. The van der Waals surface area contributed by atoms with Crippen LogP contribution in [0.3, 0.4) is 0 Å². The van der Waals surface area contributed by atoms with Crippen LogP contribution in [0, 0.1) is 6.92 Å². The molecule has 0 aliphatic rings. The molecule has 0 bridgehead atoms. The van der Waals surface area contributed by atoms with Gasteiger partial charge in [-0.25, -0.2) is 4.79 Å². The molecule has 0 aliphatic heterocycles. The molecular weight excluding hydrogens is 352 g/mol. The second kappa shape index (κ2) is 4.96. The molecule has 4 nitrogen and oxygen atoms in total. The molecule has 0 aliphatic carbocycles. The van der Waals surface area contributed by atoms with E-state index in [2.05, 4.69) is 15.9 Å². The van der Waals surface area contributed by atoms with Crippen LogP contribution in [-0.2, 0) is 14.1 Å². The second-order valence-corrected chi connectivity index (χ2v) is 7.37. The Bertz CT molecular complexity index is 914. The largest absolute Gasteiger partial charge is 0.328 e. The van der Waals surface area contributed by atoms with Crippen molar-refractivity contribution in [1.82, 2.24) is 9.13 Å². The van der Waals surface area contributed by atoms with Gasteiger partial charge in [0.25, 0.3) is 0 Å². The highest BCUT2D eigenvalue weighted by atomic mass is 79.9. The molecule has 108 valence electrons. The van der Waals surface area contributed by atoms with Gasteiger partial charge in [0.15, 0.2) is 0 Å². The minimum atomic E-state index is -0.0932. The van der Waals surface area contributed by atoms with Gasteiger partial charge in [-0.3, -0.25) is 13.9 Å². The van der Waals surface area contributed by atoms with Gasteiger partial charge in [-0.15, -0.1) is 11.3 Å². The van der Waals surface area contributed by atoms with Gasteiger partial charge in [0.1, 0.15) is 0 Å². The number of carbonyl (C=O) groups is 1. The van der Waals surface area contributed by atoms with E-state index in [4.69, 9.17) is 0 Å². The summed E-state index contributed by atoms with van der Waals surface area (Å²) in [5.74, 6) is -0.0213. The third-order valence-corrected chi connectivity index (χ3v) is 5.75. The van der Waals surface area contributed by atoms with Crippen LogP contribution >= 0.6 is 27.3 Å². The molecule has 0 N–H and O–H groups in total. The van der Waals surface area contributed by atoms with E-state index in [0.717, 1.165) is 20.4 Å². The quantitative estimate of drug-likeness (QED) is 0.655. The van der Waals surface area contributed by atoms with Crippen LogP contribution in [0.1, 0.15) is 20.8 Å². The average Bonchev–Trinajstić information content (AvgIpc) is 2.92. The van der Waals surface area contributed by atoms with E-state index in [1.807, 2.05) is 19.1 Å². The lowest BCUT2D eigenvalue weighted by atomic mass is 10.1. The molecular formula is C15H13BrN2O2S. The molecule has 0 unspecified atom stereocenters. The highest BCUT2D eigenvalue weighted by Crippen LogP contribution is 2.29. The third kappa shape index (κ3) is 2.18. The summed E-state index contributed by atoms with van der Waals surface area (Å²) in [6.07, 6.45) is 0. The summed E-state index contributed by atoms with van der Waals surface area (Å²) >= 11 is 4.87. The topological polar surface area (TPSA) is 44.0 Å². The number of thiophene rings is 1. The Morgan fingerprint density at radius 1 is 1.14 bits per heavy atom. The van der Waals surface area contributed by atoms with E-state index < -0.39 is 0 Å². The third-order valence-electron chi connectivity index (χ3n) is 3.62. The summed E-state index contributed by atoms with van der Waals surface area (Å²) < 4.78 is 4.11. The number of aromatic nitrogens is 2. The fraction of sp³-hybridized carbons (Fsp3) is 0.200. The number of carbonyl (C=O) groups excluding carboxylic acids is 1. The standard InChI is InChI=1S/C15H13BrN2O2S/c1-8-6-12(21-14(8)16)13(19)9-4-5-10-11(7-9)18(3)15(20)17(10)2/h4-7H,1-3H3. The molecule has 0 spiro atoms. The average molecular weight is 365 g/mol. The molecule has 2 heterocycles. The molecule has 3 aromatic rings. The molecule has 0 radical (unpaired) electrons. The summed E-state index contributed by atoms with van der Waals surface area (Å²) in [5.41, 5.74) is 3.14. The van der Waals surface area contributed by atoms with Gasteiger partial charge < -0.3 is 0 Å². The van der Waals surface area contributed by atoms with E-state index in [1.165, 1.54) is 11.3 Å². The lowest BCUT2D eigenvalue weighted by molar-refractivity contribution is 0.104. The zero-order valence-corrected chi connectivity index (χ0v) is 14.2. The minimum absolute atomic E-state index is 0.0213. The molecule has 0 fully saturated rings. The highest BCUT2D eigenvalue weighted by molar-refractivity contribution is 9.11.